The molecular formula is C15H21NO4S. The van der Waals surface area contributed by atoms with E-state index in [9.17, 15) is 4.21 Å². The highest BCUT2D eigenvalue weighted by Gasteiger charge is 2.21. The van der Waals surface area contributed by atoms with Crippen LogP contribution in [0.2, 0.25) is 0 Å². The van der Waals surface area contributed by atoms with Crippen LogP contribution in [0.1, 0.15) is 24.4 Å². The van der Waals surface area contributed by atoms with Crippen LogP contribution in [0.5, 0.6) is 11.5 Å². The molecule has 1 aromatic carbocycles. The first-order valence-electron chi connectivity index (χ1n) is 7.34. The molecule has 0 aliphatic carbocycles. The molecule has 21 heavy (non-hydrogen) atoms. The van der Waals surface area contributed by atoms with Crippen LogP contribution in [0.15, 0.2) is 18.2 Å². The fourth-order valence-corrected chi connectivity index (χ4v) is 4.04. The van der Waals surface area contributed by atoms with E-state index in [1.165, 1.54) is 0 Å². The van der Waals surface area contributed by atoms with Crippen molar-refractivity contribution in [1.29, 1.82) is 0 Å². The maximum atomic E-state index is 12.2. The molecule has 0 saturated carbocycles. The normalized spacial score (nSPS) is 23.8. The molecule has 116 valence electrons. The van der Waals surface area contributed by atoms with Crippen molar-refractivity contribution in [3.8, 4) is 11.5 Å². The van der Waals surface area contributed by atoms with Crippen LogP contribution in [0, 0.1) is 0 Å². The first kappa shape index (κ1) is 14.8. The van der Waals surface area contributed by atoms with Gasteiger partial charge in [0.15, 0.2) is 11.5 Å². The third-order valence-electron chi connectivity index (χ3n) is 3.76. The molecule has 1 fully saturated rings. The molecule has 2 heterocycles. The molecule has 5 nitrogen and oxygen atoms in total. The van der Waals surface area contributed by atoms with Gasteiger partial charge in [0.05, 0.1) is 6.10 Å². The van der Waals surface area contributed by atoms with Crippen molar-refractivity contribution in [1.82, 2.24) is 0 Å². The van der Waals surface area contributed by atoms with E-state index in [0.717, 1.165) is 36.5 Å². The Balaban J connectivity index is 1.59. The van der Waals surface area contributed by atoms with Crippen LogP contribution in [-0.2, 0) is 15.5 Å². The lowest BCUT2D eigenvalue weighted by Crippen LogP contribution is -2.24. The lowest BCUT2D eigenvalue weighted by Gasteiger charge is -2.20. The molecular weight excluding hydrogens is 290 g/mol. The Kier molecular flexibility index (Phi) is 4.77. The molecule has 3 atom stereocenters. The SMILES string of the molecule is NC(CS(=O)CC1CCCO1)c1ccc2c(c1)OCCO2. The molecule has 1 saturated heterocycles. The smallest absolute Gasteiger partial charge is 0.161 e. The van der Waals surface area contributed by atoms with Crippen LogP contribution in [-0.4, -0.2) is 41.6 Å². The predicted molar refractivity (Wildman–Crippen MR) is 81.2 cm³/mol. The van der Waals surface area contributed by atoms with E-state index in [1.807, 2.05) is 18.2 Å². The molecule has 0 aromatic heterocycles. The summed E-state index contributed by atoms with van der Waals surface area (Å²) in [6.45, 7) is 1.91. The van der Waals surface area contributed by atoms with Crippen molar-refractivity contribution in [2.75, 3.05) is 31.3 Å². The van der Waals surface area contributed by atoms with Crippen molar-refractivity contribution >= 4 is 10.8 Å². The molecule has 2 N–H and O–H groups in total. The van der Waals surface area contributed by atoms with Crippen LogP contribution >= 0.6 is 0 Å². The predicted octanol–water partition coefficient (Wildman–Crippen LogP) is 1.39. The second-order valence-electron chi connectivity index (χ2n) is 5.42. The third-order valence-corrected chi connectivity index (χ3v) is 5.23. The Bertz CT molecular complexity index is 516. The summed E-state index contributed by atoms with van der Waals surface area (Å²) in [4.78, 5) is 0. The zero-order valence-electron chi connectivity index (χ0n) is 12.0. The summed E-state index contributed by atoms with van der Waals surface area (Å²) < 4.78 is 28.7. The fourth-order valence-electron chi connectivity index (χ4n) is 2.64. The van der Waals surface area contributed by atoms with E-state index in [1.54, 1.807) is 0 Å². The monoisotopic (exact) mass is 311 g/mol. The van der Waals surface area contributed by atoms with Crippen molar-refractivity contribution in [3.63, 3.8) is 0 Å². The number of benzene rings is 1. The van der Waals surface area contributed by atoms with E-state index in [4.69, 9.17) is 19.9 Å². The Morgan fingerprint density at radius 1 is 1.24 bits per heavy atom. The molecule has 0 amide bonds. The maximum absolute atomic E-state index is 12.2. The number of ether oxygens (including phenoxy) is 3. The van der Waals surface area contributed by atoms with Gasteiger partial charge in [-0.05, 0) is 30.5 Å². The Hall–Kier alpha value is -1.11. The number of hydrogen-bond donors (Lipinski definition) is 1. The summed E-state index contributed by atoms with van der Waals surface area (Å²) >= 11 is 0. The lowest BCUT2D eigenvalue weighted by molar-refractivity contribution is 0.128. The minimum atomic E-state index is -0.964. The second-order valence-corrected chi connectivity index (χ2v) is 6.96. The minimum absolute atomic E-state index is 0.137. The average Bonchev–Trinajstić information content (AvgIpc) is 2.99. The zero-order valence-corrected chi connectivity index (χ0v) is 12.8. The topological polar surface area (TPSA) is 70.8 Å². The van der Waals surface area contributed by atoms with Gasteiger partial charge in [-0.25, -0.2) is 0 Å². The van der Waals surface area contributed by atoms with Crippen LogP contribution < -0.4 is 15.2 Å². The van der Waals surface area contributed by atoms with Gasteiger partial charge in [0.2, 0.25) is 0 Å². The summed E-state index contributed by atoms with van der Waals surface area (Å²) in [5, 5.41) is 0. The van der Waals surface area contributed by atoms with Crippen LogP contribution in [0.3, 0.4) is 0 Å². The van der Waals surface area contributed by atoms with E-state index in [0.29, 0.717) is 24.7 Å². The van der Waals surface area contributed by atoms with Gasteiger partial charge in [0.25, 0.3) is 0 Å². The Labute approximate surface area is 127 Å². The molecule has 3 unspecified atom stereocenters. The molecule has 1 aromatic rings. The highest BCUT2D eigenvalue weighted by Crippen LogP contribution is 2.32. The van der Waals surface area contributed by atoms with Crippen LogP contribution in [0.4, 0.5) is 0 Å². The lowest BCUT2D eigenvalue weighted by atomic mass is 10.1. The largest absolute Gasteiger partial charge is 0.486 e. The van der Waals surface area contributed by atoms with Gasteiger partial charge >= 0.3 is 0 Å². The first-order chi connectivity index (χ1) is 10.2. The van der Waals surface area contributed by atoms with E-state index in [2.05, 4.69) is 0 Å². The summed E-state index contributed by atoms with van der Waals surface area (Å²) in [5.74, 6) is 2.49. The third kappa shape index (κ3) is 3.75. The Morgan fingerprint density at radius 2 is 2.05 bits per heavy atom. The van der Waals surface area contributed by atoms with Crippen molar-refractivity contribution < 1.29 is 18.4 Å². The summed E-state index contributed by atoms with van der Waals surface area (Å²) in [6, 6.07) is 5.42. The second kappa shape index (κ2) is 6.77. The highest BCUT2D eigenvalue weighted by molar-refractivity contribution is 7.85. The van der Waals surface area contributed by atoms with Crippen LogP contribution in [0.25, 0.3) is 0 Å². The van der Waals surface area contributed by atoms with Gasteiger partial charge < -0.3 is 19.9 Å². The molecule has 6 heteroatoms. The summed E-state index contributed by atoms with van der Waals surface area (Å²) in [6.07, 6.45) is 2.21. The van der Waals surface area contributed by atoms with E-state index < -0.39 is 10.8 Å². The van der Waals surface area contributed by atoms with Gasteiger partial charge in [-0.2, -0.15) is 0 Å². The van der Waals surface area contributed by atoms with Gasteiger partial charge in [-0.1, -0.05) is 6.07 Å². The number of fused-ring (bicyclic) bond motifs is 1. The molecule has 0 bridgehead atoms. The first-order valence-corrected chi connectivity index (χ1v) is 8.83. The maximum Gasteiger partial charge on any atom is 0.161 e. The summed E-state index contributed by atoms with van der Waals surface area (Å²) in [5.41, 5.74) is 7.10. The van der Waals surface area contributed by atoms with E-state index >= 15 is 0 Å². The van der Waals surface area contributed by atoms with Gasteiger partial charge in [0.1, 0.15) is 13.2 Å². The molecule has 0 spiro atoms. The van der Waals surface area contributed by atoms with Gasteiger partial charge in [-0.3, -0.25) is 4.21 Å². The van der Waals surface area contributed by atoms with E-state index in [-0.39, 0.29) is 12.1 Å². The fraction of sp³-hybridized carbons (Fsp3) is 0.600. The quantitative estimate of drug-likeness (QED) is 0.889. The van der Waals surface area contributed by atoms with Crippen molar-refractivity contribution in [2.24, 2.45) is 5.73 Å². The number of rotatable bonds is 5. The number of nitrogens with two attached hydrogens (primary N) is 1. The van der Waals surface area contributed by atoms with Gasteiger partial charge in [-0.15, -0.1) is 0 Å². The minimum Gasteiger partial charge on any atom is -0.486 e. The molecule has 3 rings (SSSR count). The zero-order chi connectivity index (χ0) is 14.7. The molecule has 2 aliphatic heterocycles. The summed E-state index contributed by atoms with van der Waals surface area (Å²) in [7, 11) is -0.964. The van der Waals surface area contributed by atoms with Crippen molar-refractivity contribution in [2.45, 2.75) is 25.0 Å². The Morgan fingerprint density at radius 3 is 2.81 bits per heavy atom. The number of hydrogen-bond acceptors (Lipinski definition) is 5. The average molecular weight is 311 g/mol. The molecule has 0 radical (unpaired) electrons. The van der Waals surface area contributed by atoms with Gasteiger partial charge in [0, 0.05) is 35.0 Å². The highest BCUT2D eigenvalue weighted by atomic mass is 32.2. The standard InChI is InChI=1S/C15H21NO4S/c16-13(10-21(17)9-12-2-1-5-18-12)11-3-4-14-15(8-11)20-7-6-19-14/h3-4,8,12-13H,1-2,5-7,9-10,16H2. The van der Waals surface area contributed by atoms with Crippen molar-refractivity contribution in [3.05, 3.63) is 23.8 Å². The molecule has 2 aliphatic rings.